The van der Waals surface area contributed by atoms with Gasteiger partial charge in [0.15, 0.2) is 0 Å². The standard InChI is InChI=1S/C15H25N3O/c1-13-5-4-6-15(9-13,12-19)11-17(2)10-14-16-7-8-18(14)3/h7-8,12-13H,4-6,9-11H2,1-3H3. The molecular weight excluding hydrogens is 238 g/mol. The van der Waals surface area contributed by atoms with Crippen molar-refractivity contribution in [2.24, 2.45) is 18.4 Å². The summed E-state index contributed by atoms with van der Waals surface area (Å²) in [6.07, 6.45) is 9.49. The lowest BCUT2D eigenvalue weighted by atomic mass is 9.71. The van der Waals surface area contributed by atoms with Crippen molar-refractivity contribution in [3.05, 3.63) is 18.2 Å². The zero-order chi connectivity index (χ0) is 13.9. The molecule has 106 valence electrons. The van der Waals surface area contributed by atoms with Crippen LogP contribution in [0.3, 0.4) is 0 Å². The topological polar surface area (TPSA) is 38.1 Å². The maximum absolute atomic E-state index is 11.6. The van der Waals surface area contributed by atoms with Gasteiger partial charge in [-0.05, 0) is 25.8 Å². The third-order valence-electron chi connectivity index (χ3n) is 4.29. The molecule has 2 atom stereocenters. The van der Waals surface area contributed by atoms with Crippen molar-refractivity contribution in [2.75, 3.05) is 13.6 Å². The Balaban J connectivity index is 1.98. The molecule has 1 saturated carbocycles. The second kappa shape index (κ2) is 5.87. The largest absolute Gasteiger partial charge is 0.337 e. The minimum Gasteiger partial charge on any atom is -0.337 e. The van der Waals surface area contributed by atoms with Crippen molar-refractivity contribution in [3.63, 3.8) is 0 Å². The first-order chi connectivity index (χ1) is 9.04. The summed E-state index contributed by atoms with van der Waals surface area (Å²) >= 11 is 0. The van der Waals surface area contributed by atoms with Crippen molar-refractivity contribution in [1.29, 1.82) is 0 Å². The Morgan fingerprint density at radius 1 is 1.63 bits per heavy atom. The summed E-state index contributed by atoms with van der Waals surface area (Å²) in [5.41, 5.74) is -0.141. The third kappa shape index (κ3) is 3.44. The van der Waals surface area contributed by atoms with Crippen molar-refractivity contribution in [2.45, 2.75) is 39.2 Å². The first-order valence-corrected chi connectivity index (χ1v) is 7.16. The number of nitrogens with zero attached hydrogens (tertiary/aromatic N) is 3. The Hall–Kier alpha value is -1.16. The lowest BCUT2D eigenvalue weighted by Crippen LogP contribution is -2.40. The molecule has 0 aromatic carbocycles. The summed E-state index contributed by atoms with van der Waals surface area (Å²) in [4.78, 5) is 18.2. The molecule has 1 aliphatic carbocycles. The zero-order valence-corrected chi connectivity index (χ0v) is 12.3. The van der Waals surface area contributed by atoms with E-state index in [-0.39, 0.29) is 5.41 Å². The van der Waals surface area contributed by atoms with E-state index in [4.69, 9.17) is 0 Å². The van der Waals surface area contributed by atoms with Crippen LogP contribution in [0.15, 0.2) is 12.4 Å². The summed E-state index contributed by atoms with van der Waals surface area (Å²) in [6.45, 7) is 3.90. The first kappa shape index (κ1) is 14.3. The van der Waals surface area contributed by atoms with Crippen LogP contribution >= 0.6 is 0 Å². The van der Waals surface area contributed by atoms with Gasteiger partial charge in [0.2, 0.25) is 0 Å². The summed E-state index contributed by atoms with van der Waals surface area (Å²) in [5.74, 6) is 1.72. The number of aldehydes is 1. The van der Waals surface area contributed by atoms with Gasteiger partial charge in [-0.3, -0.25) is 4.90 Å². The van der Waals surface area contributed by atoms with Crippen LogP contribution in [0.4, 0.5) is 0 Å². The lowest BCUT2D eigenvalue weighted by molar-refractivity contribution is -0.120. The fourth-order valence-electron chi connectivity index (χ4n) is 3.37. The number of carbonyl (C=O) groups is 1. The molecule has 1 aliphatic rings. The minimum atomic E-state index is -0.141. The van der Waals surface area contributed by atoms with Crippen molar-refractivity contribution >= 4 is 6.29 Å². The SMILES string of the molecule is CC1CCCC(C=O)(CN(C)Cc2nccn2C)C1. The van der Waals surface area contributed by atoms with E-state index in [1.807, 2.05) is 24.0 Å². The van der Waals surface area contributed by atoms with E-state index in [1.54, 1.807) is 0 Å². The van der Waals surface area contributed by atoms with Gasteiger partial charge in [0.05, 0.1) is 6.54 Å². The summed E-state index contributed by atoms with van der Waals surface area (Å²) in [7, 11) is 4.09. The van der Waals surface area contributed by atoms with Crippen molar-refractivity contribution in [3.8, 4) is 0 Å². The average molecular weight is 263 g/mol. The molecule has 0 radical (unpaired) electrons. The molecule has 4 nitrogen and oxygen atoms in total. The fraction of sp³-hybridized carbons (Fsp3) is 0.733. The van der Waals surface area contributed by atoms with Crippen LogP contribution in [0, 0.1) is 11.3 Å². The van der Waals surface area contributed by atoms with Crippen LogP contribution in [0.5, 0.6) is 0 Å². The number of hydrogen-bond donors (Lipinski definition) is 0. The van der Waals surface area contributed by atoms with Crippen LogP contribution < -0.4 is 0 Å². The molecule has 0 spiro atoms. The predicted octanol–water partition coefficient (Wildman–Crippen LogP) is 2.25. The first-order valence-electron chi connectivity index (χ1n) is 7.16. The molecule has 0 aliphatic heterocycles. The van der Waals surface area contributed by atoms with Gasteiger partial charge in [-0.2, -0.15) is 0 Å². The Morgan fingerprint density at radius 3 is 3.00 bits per heavy atom. The van der Waals surface area contributed by atoms with Gasteiger partial charge in [0.25, 0.3) is 0 Å². The highest BCUT2D eigenvalue weighted by atomic mass is 16.1. The minimum absolute atomic E-state index is 0.141. The average Bonchev–Trinajstić information content (AvgIpc) is 2.75. The number of hydrogen-bond acceptors (Lipinski definition) is 3. The molecule has 19 heavy (non-hydrogen) atoms. The molecule has 0 amide bonds. The van der Waals surface area contributed by atoms with E-state index in [0.29, 0.717) is 5.92 Å². The quantitative estimate of drug-likeness (QED) is 0.765. The highest BCUT2D eigenvalue weighted by molar-refractivity contribution is 5.60. The molecule has 0 N–H and O–H groups in total. The Morgan fingerprint density at radius 2 is 2.42 bits per heavy atom. The van der Waals surface area contributed by atoms with Crippen LogP contribution in [-0.4, -0.2) is 34.3 Å². The van der Waals surface area contributed by atoms with E-state index < -0.39 is 0 Å². The van der Waals surface area contributed by atoms with Crippen LogP contribution in [0.25, 0.3) is 0 Å². The molecule has 1 aromatic rings. The predicted molar refractivity (Wildman–Crippen MR) is 75.7 cm³/mol. The molecule has 0 bridgehead atoms. The molecule has 4 heteroatoms. The lowest BCUT2D eigenvalue weighted by Gasteiger charge is -2.38. The molecule has 1 heterocycles. The second-order valence-electron chi connectivity index (χ2n) is 6.31. The molecule has 2 unspecified atom stereocenters. The molecule has 2 rings (SSSR count). The van der Waals surface area contributed by atoms with Gasteiger partial charge in [-0.15, -0.1) is 0 Å². The maximum Gasteiger partial charge on any atom is 0.127 e. The smallest absolute Gasteiger partial charge is 0.127 e. The summed E-state index contributed by atoms with van der Waals surface area (Å²) in [5, 5.41) is 0. The number of carbonyl (C=O) groups excluding carboxylic acids is 1. The van der Waals surface area contributed by atoms with E-state index in [2.05, 4.69) is 23.9 Å². The Bertz CT molecular complexity index is 429. The zero-order valence-electron chi connectivity index (χ0n) is 12.3. The maximum atomic E-state index is 11.6. The van der Waals surface area contributed by atoms with Gasteiger partial charge >= 0.3 is 0 Å². The van der Waals surface area contributed by atoms with E-state index in [0.717, 1.165) is 31.8 Å². The van der Waals surface area contributed by atoms with Gasteiger partial charge in [0.1, 0.15) is 12.1 Å². The van der Waals surface area contributed by atoms with Gasteiger partial charge in [-0.25, -0.2) is 4.98 Å². The normalized spacial score (nSPS) is 27.7. The third-order valence-corrected chi connectivity index (χ3v) is 4.29. The fourth-order valence-corrected chi connectivity index (χ4v) is 3.37. The van der Waals surface area contributed by atoms with E-state index in [1.165, 1.54) is 19.1 Å². The van der Waals surface area contributed by atoms with Gasteiger partial charge in [-0.1, -0.05) is 19.8 Å². The van der Waals surface area contributed by atoms with Gasteiger partial charge in [0, 0.05) is 31.4 Å². The highest BCUT2D eigenvalue weighted by Gasteiger charge is 2.35. The summed E-state index contributed by atoms with van der Waals surface area (Å²) < 4.78 is 2.04. The van der Waals surface area contributed by atoms with Crippen LogP contribution in [-0.2, 0) is 18.4 Å². The number of aryl methyl sites for hydroxylation is 1. The van der Waals surface area contributed by atoms with E-state index in [9.17, 15) is 4.79 Å². The molecule has 1 fully saturated rings. The molecule has 1 aromatic heterocycles. The Labute approximate surface area is 115 Å². The van der Waals surface area contributed by atoms with Crippen molar-refractivity contribution < 1.29 is 4.79 Å². The second-order valence-corrected chi connectivity index (χ2v) is 6.31. The van der Waals surface area contributed by atoms with Crippen LogP contribution in [0.2, 0.25) is 0 Å². The summed E-state index contributed by atoms with van der Waals surface area (Å²) in [6, 6.07) is 0. The molecular formula is C15H25N3O. The highest BCUT2D eigenvalue weighted by Crippen LogP contribution is 2.38. The number of aromatic nitrogens is 2. The van der Waals surface area contributed by atoms with Gasteiger partial charge < -0.3 is 9.36 Å². The molecule has 0 saturated heterocycles. The van der Waals surface area contributed by atoms with E-state index >= 15 is 0 Å². The number of rotatable bonds is 5. The Kier molecular flexibility index (Phi) is 4.40. The number of imidazole rings is 1. The monoisotopic (exact) mass is 263 g/mol. The van der Waals surface area contributed by atoms with Crippen LogP contribution in [0.1, 0.15) is 38.4 Å². The van der Waals surface area contributed by atoms with Crippen molar-refractivity contribution in [1.82, 2.24) is 14.5 Å².